The predicted octanol–water partition coefficient (Wildman–Crippen LogP) is 3.34. The van der Waals surface area contributed by atoms with Crippen molar-refractivity contribution in [3.05, 3.63) is 81.5 Å². The third-order valence-corrected chi connectivity index (χ3v) is 5.71. The van der Waals surface area contributed by atoms with Gasteiger partial charge in [0, 0.05) is 31.7 Å². The standard InChI is InChI=1S/C25H28N6O2/c1-3-4-5-6-12-30-22(26)19(24(32)28-15-18-8-7-11-27-14-18)13-20-23(30)29-21-10-9-17(2)16-31(21)25(20)33/h7-11,13-14,16,26H,3-6,12,15H2,1-2H3,(H,28,32). The lowest BCUT2D eigenvalue weighted by molar-refractivity contribution is 0.0948. The Kier molecular flexibility index (Phi) is 6.63. The molecule has 0 unspecified atom stereocenters. The zero-order valence-corrected chi connectivity index (χ0v) is 19.0. The normalized spacial score (nSPS) is 11.2. The number of rotatable bonds is 8. The van der Waals surface area contributed by atoms with Gasteiger partial charge in [0.15, 0.2) is 0 Å². The van der Waals surface area contributed by atoms with E-state index in [9.17, 15) is 9.59 Å². The number of hydrogen-bond donors (Lipinski definition) is 2. The van der Waals surface area contributed by atoms with E-state index in [0.717, 1.165) is 36.8 Å². The molecule has 4 aromatic heterocycles. The minimum Gasteiger partial charge on any atom is -0.348 e. The average molecular weight is 445 g/mol. The molecule has 0 aromatic carbocycles. The first-order valence-electron chi connectivity index (χ1n) is 11.3. The van der Waals surface area contributed by atoms with Crippen LogP contribution in [0.25, 0.3) is 16.7 Å². The number of unbranched alkanes of at least 4 members (excludes halogenated alkanes) is 3. The monoisotopic (exact) mass is 444 g/mol. The molecule has 0 spiro atoms. The van der Waals surface area contributed by atoms with Crippen LogP contribution in [0.5, 0.6) is 0 Å². The van der Waals surface area contributed by atoms with Crippen LogP contribution in [0, 0.1) is 12.3 Å². The van der Waals surface area contributed by atoms with Gasteiger partial charge in [0.05, 0.1) is 10.9 Å². The summed E-state index contributed by atoms with van der Waals surface area (Å²) >= 11 is 0. The fraction of sp³-hybridized carbons (Fsp3) is 0.320. The Hall–Kier alpha value is -3.81. The average Bonchev–Trinajstić information content (AvgIpc) is 2.82. The van der Waals surface area contributed by atoms with Crippen LogP contribution in [0.1, 0.15) is 54.1 Å². The van der Waals surface area contributed by atoms with Crippen LogP contribution >= 0.6 is 0 Å². The van der Waals surface area contributed by atoms with Crippen molar-refractivity contribution >= 4 is 22.6 Å². The van der Waals surface area contributed by atoms with Gasteiger partial charge in [-0.2, -0.15) is 0 Å². The molecule has 0 aliphatic carbocycles. The number of amides is 1. The summed E-state index contributed by atoms with van der Waals surface area (Å²) in [6.45, 7) is 4.86. The summed E-state index contributed by atoms with van der Waals surface area (Å²) in [5, 5.41) is 12.0. The second-order valence-electron chi connectivity index (χ2n) is 8.25. The van der Waals surface area contributed by atoms with Gasteiger partial charge in [-0.1, -0.05) is 38.3 Å². The molecule has 4 heterocycles. The molecular formula is C25H28N6O2. The van der Waals surface area contributed by atoms with E-state index in [1.165, 1.54) is 10.5 Å². The summed E-state index contributed by atoms with van der Waals surface area (Å²) < 4.78 is 3.20. The van der Waals surface area contributed by atoms with Crippen LogP contribution in [0.4, 0.5) is 0 Å². The Labute approximate surface area is 191 Å². The number of aromatic nitrogens is 4. The van der Waals surface area contributed by atoms with Gasteiger partial charge in [-0.05, 0) is 42.7 Å². The first-order chi connectivity index (χ1) is 16.0. The minimum atomic E-state index is -0.401. The molecule has 0 radical (unpaired) electrons. The molecule has 0 saturated heterocycles. The Morgan fingerprint density at radius 1 is 1.18 bits per heavy atom. The van der Waals surface area contributed by atoms with Gasteiger partial charge >= 0.3 is 0 Å². The highest BCUT2D eigenvalue weighted by Crippen LogP contribution is 2.13. The first kappa shape index (κ1) is 22.4. The molecule has 8 heteroatoms. The Morgan fingerprint density at radius 2 is 2.03 bits per heavy atom. The maximum atomic E-state index is 13.3. The minimum absolute atomic E-state index is 0.0612. The first-order valence-corrected chi connectivity index (χ1v) is 11.3. The lowest BCUT2D eigenvalue weighted by Gasteiger charge is -2.15. The van der Waals surface area contributed by atoms with E-state index in [-0.39, 0.29) is 23.2 Å². The van der Waals surface area contributed by atoms with Crippen LogP contribution in [0.2, 0.25) is 0 Å². The highest BCUT2D eigenvalue weighted by molar-refractivity contribution is 5.96. The van der Waals surface area contributed by atoms with Crippen molar-refractivity contribution in [1.29, 1.82) is 5.41 Å². The third kappa shape index (κ3) is 4.69. The van der Waals surface area contributed by atoms with E-state index in [0.29, 0.717) is 23.2 Å². The number of carbonyl (C=O) groups excluding carboxylic acids is 1. The number of fused-ring (bicyclic) bond motifs is 2. The molecule has 0 atom stereocenters. The van der Waals surface area contributed by atoms with Crippen molar-refractivity contribution in [2.45, 2.75) is 52.6 Å². The van der Waals surface area contributed by atoms with Gasteiger partial charge < -0.3 is 9.88 Å². The lowest BCUT2D eigenvalue weighted by Crippen LogP contribution is -2.35. The van der Waals surface area contributed by atoms with E-state index in [1.54, 1.807) is 35.3 Å². The highest BCUT2D eigenvalue weighted by Gasteiger charge is 2.17. The fourth-order valence-corrected chi connectivity index (χ4v) is 3.91. The van der Waals surface area contributed by atoms with E-state index in [4.69, 9.17) is 10.4 Å². The summed E-state index contributed by atoms with van der Waals surface area (Å²) in [6, 6.07) is 8.88. The summed E-state index contributed by atoms with van der Waals surface area (Å²) in [5.74, 6) is -0.401. The number of hydrogen-bond acceptors (Lipinski definition) is 5. The maximum absolute atomic E-state index is 13.3. The maximum Gasteiger partial charge on any atom is 0.267 e. The van der Waals surface area contributed by atoms with Crippen molar-refractivity contribution in [3.63, 3.8) is 0 Å². The van der Waals surface area contributed by atoms with Gasteiger partial charge in [-0.25, -0.2) is 4.98 Å². The van der Waals surface area contributed by atoms with Crippen molar-refractivity contribution in [2.24, 2.45) is 0 Å². The van der Waals surface area contributed by atoms with Gasteiger partial charge in [0.2, 0.25) is 0 Å². The molecule has 0 fully saturated rings. The quantitative estimate of drug-likeness (QED) is 0.321. The molecule has 4 aromatic rings. The van der Waals surface area contributed by atoms with Gasteiger partial charge in [0.25, 0.3) is 11.5 Å². The zero-order valence-electron chi connectivity index (χ0n) is 19.0. The second kappa shape index (κ2) is 9.77. The van der Waals surface area contributed by atoms with E-state index in [1.807, 2.05) is 19.1 Å². The highest BCUT2D eigenvalue weighted by atomic mass is 16.1. The van der Waals surface area contributed by atoms with Gasteiger partial charge in [0.1, 0.15) is 16.8 Å². The smallest absolute Gasteiger partial charge is 0.267 e. The second-order valence-corrected chi connectivity index (χ2v) is 8.25. The van der Waals surface area contributed by atoms with Crippen LogP contribution in [-0.4, -0.2) is 24.8 Å². The van der Waals surface area contributed by atoms with Crippen LogP contribution in [0.15, 0.2) is 53.7 Å². The molecule has 0 aliphatic heterocycles. The molecule has 4 rings (SSSR count). The van der Waals surface area contributed by atoms with Crippen molar-refractivity contribution < 1.29 is 4.79 Å². The molecule has 33 heavy (non-hydrogen) atoms. The van der Waals surface area contributed by atoms with Gasteiger partial charge in [-0.3, -0.25) is 24.4 Å². The molecule has 8 nitrogen and oxygen atoms in total. The largest absolute Gasteiger partial charge is 0.348 e. The Bertz CT molecular complexity index is 1420. The summed E-state index contributed by atoms with van der Waals surface area (Å²) in [7, 11) is 0. The predicted molar refractivity (Wildman–Crippen MR) is 127 cm³/mol. The fourth-order valence-electron chi connectivity index (χ4n) is 3.91. The number of nitrogens with zero attached hydrogens (tertiary/aromatic N) is 4. The number of nitrogens with one attached hydrogen (secondary N) is 2. The van der Waals surface area contributed by atoms with E-state index in [2.05, 4.69) is 17.2 Å². The zero-order chi connectivity index (χ0) is 23.4. The van der Waals surface area contributed by atoms with E-state index >= 15 is 0 Å². The SMILES string of the molecule is CCCCCCn1c(=N)c(C(=O)NCc2cccnc2)cc2c(=O)n3cc(C)ccc3nc21. The van der Waals surface area contributed by atoms with Crippen LogP contribution < -0.4 is 16.4 Å². The van der Waals surface area contributed by atoms with Gasteiger partial charge in [-0.15, -0.1) is 0 Å². The van der Waals surface area contributed by atoms with E-state index < -0.39 is 5.91 Å². The molecular weight excluding hydrogens is 416 g/mol. The lowest BCUT2D eigenvalue weighted by atomic mass is 10.1. The molecule has 0 bridgehead atoms. The summed E-state index contributed by atoms with van der Waals surface area (Å²) in [6.07, 6.45) is 9.13. The van der Waals surface area contributed by atoms with Crippen molar-refractivity contribution in [3.8, 4) is 0 Å². The molecule has 0 saturated carbocycles. The van der Waals surface area contributed by atoms with Crippen molar-refractivity contribution in [2.75, 3.05) is 0 Å². The molecule has 170 valence electrons. The molecule has 2 N–H and O–H groups in total. The Balaban J connectivity index is 1.82. The van der Waals surface area contributed by atoms with Crippen molar-refractivity contribution in [1.82, 2.24) is 24.3 Å². The number of carbonyl (C=O) groups is 1. The third-order valence-electron chi connectivity index (χ3n) is 5.71. The number of aryl methyl sites for hydroxylation is 2. The number of pyridine rings is 3. The summed E-state index contributed by atoms with van der Waals surface area (Å²) in [5.41, 5.74) is 2.73. The Morgan fingerprint density at radius 3 is 2.79 bits per heavy atom. The summed E-state index contributed by atoms with van der Waals surface area (Å²) in [4.78, 5) is 35.1. The molecule has 1 amide bonds. The van der Waals surface area contributed by atoms with Crippen LogP contribution in [0.3, 0.4) is 0 Å². The topological polar surface area (TPSA) is 105 Å². The molecule has 0 aliphatic rings. The van der Waals surface area contributed by atoms with Crippen LogP contribution in [-0.2, 0) is 13.1 Å².